The zero-order valence-corrected chi connectivity index (χ0v) is 6.66. The Kier molecular flexibility index (Phi) is 2.30. The second-order valence-electron chi connectivity index (χ2n) is 2.50. The third-order valence-electron chi connectivity index (χ3n) is 1.56. The maximum absolute atomic E-state index is 10.6. The van der Waals surface area contributed by atoms with Crippen molar-refractivity contribution in [2.24, 2.45) is 5.84 Å². The summed E-state index contributed by atoms with van der Waals surface area (Å²) in [5, 5.41) is 8.69. The molecule has 0 aliphatic heterocycles. The highest BCUT2D eigenvalue weighted by molar-refractivity contribution is 5.94. The lowest BCUT2D eigenvalue weighted by molar-refractivity contribution is 0.0698. The van der Waals surface area contributed by atoms with Gasteiger partial charge in [-0.3, -0.25) is 5.84 Å². The van der Waals surface area contributed by atoms with E-state index in [1.807, 2.05) is 6.92 Å². The van der Waals surface area contributed by atoms with Gasteiger partial charge in [-0.15, -0.1) is 0 Å². The quantitative estimate of drug-likeness (QED) is 0.452. The molecule has 0 aromatic heterocycles. The van der Waals surface area contributed by atoms with Gasteiger partial charge in [0.25, 0.3) is 0 Å². The summed E-state index contributed by atoms with van der Waals surface area (Å²) < 4.78 is 0. The Balaban J connectivity index is 3.20. The van der Waals surface area contributed by atoms with E-state index in [1.165, 1.54) is 6.07 Å². The number of anilines is 1. The van der Waals surface area contributed by atoms with Gasteiger partial charge in [0.2, 0.25) is 0 Å². The number of nitrogen functional groups attached to an aromatic ring is 1. The van der Waals surface area contributed by atoms with Gasteiger partial charge >= 0.3 is 5.97 Å². The van der Waals surface area contributed by atoms with Crippen molar-refractivity contribution in [3.05, 3.63) is 29.3 Å². The maximum atomic E-state index is 10.6. The second-order valence-corrected chi connectivity index (χ2v) is 2.50. The number of nitrogens with one attached hydrogen (secondary N) is 1. The fourth-order valence-corrected chi connectivity index (χ4v) is 0.964. The molecule has 0 aliphatic rings. The largest absolute Gasteiger partial charge is 0.478 e. The Labute approximate surface area is 70.0 Å². The standard InChI is InChI=1S/C8H10N2O2/c1-5-2-3-6(8(11)12)7(4-5)10-9/h2-4,10H,9H2,1H3,(H,11,12). The van der Waals surface area contributed by atoms with Crippen LogP contribution in [0.1, 0.15) is 15.9 Å². The SMILES string of the molecule is Cc1ccc(C(=O)O)c(NN)c1. The predicted octanol–water partition coefficient (Wildman–Crippen LogP) is 0.979. The highest BCUT2D eigenvalue weighted by atomic mass is 16.4. The summed E-state index contributed by atoms with van der Waals surface area (Å²) in [4.78, 5) is 10.6. The van der Waals surface area contributed by atoms with E-state index in [4.69, 9.17) is 10.9 Å². The van der Waals surface area contributed by atoms with E-state index in [2.05, 4.69) is 5.43 Å². The first kappa shape index (κ1) is 8.55. The molecule has 4 N–H and O–H groups in total. The molecule has 4 nitrogen and oxygen atoms in total. The van der Waals surface area contributed by atoms with E-state index in [1.54, 1.807) is 12.1 Å². The molecule has 1 rings (SSSR count). The van der Waals surface area contributed by atoms with Crippen LogP contribution in [0.3, 0.4) is 0 Å². The average Bonchev–Trinajstić information content (AvgIpc) is 2.03. The van der Waals surface area contributed by atoms with Crippen LogP contribution in [-0.2, 0) is 0 Å². The molecule has 0 radical (unpaired) electrons. The van der Waals surface area contributed by atoms with Crippen molar-refractivity contribution in [2.45, 2.75) is 6.92 Å². The van der Waals surface area contributed by atoms with Crippen LogP contribution in [0, 0.1) is 6.92 Å². The number of rotatable bonds is 2. The molecule has 0 aliphatic carbocycles. The van der Waals surface area contributed by atoms with Crippen molar-refractivity contribution >= 4 is 11.7 Å². The smallest absolute Gasteiger partial charge is 0.337 e. The minimum atomic E-state index is -0.983. The summed E-state index contributed by atoms with van der Waals surface area (Å²) in [5.41, 5.74) is 3.92. The van der Waals surface area contributed by atoms with Gasteiger partial charge in [0.15, 0.2) is 0 Å². The normalized spacial score (nSPS) is 9.50. The number of carboxylic acids is 1. The summed E-state index contributed by atoms with van der Waals surface area (Å²) in [6, 6.07) is 4.93. The van der Waals surface area contributed by atoms with Crippen LogP contribution in [0.15, 0.2) is 18.2 Å². The van der Waals surface area contributed by atoms with E-state index in [-0.39, 0.29) is 5.56 Å². The average molecular weight is 166 g/mol. The molecule has 0 amide bonds. The summed E-state index contributed by atoms with van der Waals surface area (Å²) >= 11 is 0. The highest BCUT2D eigenvalue weighted by Crippen LogP contribution is 2.15. The number of aryl methyl sites for hydroxylation is 1. The van der Waals surface area contributed by atoms with Crippen LogP contribution >= 0.6 is 0 Å². The topological polar surface area (TPSA) is 75.3 Å². The van der Waals surface area contributed by atoms with Crippen LogP contribution in [-0.4, -0.2) is 11.1 Å². The second kappa shape index (κ2) is 3.23. The van der Waals surface area contributed by atoms with Gasteiger partial charge in [0.05, 0.1) is 11.3 Å². The monoisotopic (exact) mass is 166 g/mol. The summed E-state index contributed by atoms with van der Waals surface area (Å²) in [7, 11) is 0. The predicted molar refractivity (Wildman–Crippen MR) is 45.9 cm³/mol. The number of hydrogen-bond donors (Lipinski definition) is 3. The van der Waals surface area contributed by atoms with Gasteiger partial charge in [0, 0.05) is 0 Å². The fraction of sp³-hybridized carbons (Fsp3) is 0.125. The summed E-state index contributed by atoms with van der Waals surface area (Å²) in [5.74, 6) is 4.16. The number of aromatic carboxylic acids is 1. The maximum Gasteiger partial charge on any atom is 0.337 e. The van der Waals surface area contributed by atoms with Gasteiger partial charge in [-0.05, 0) is 24.6 Å². The molecule has 0 bridgehead atoms. The Morgan fingerprint density at radius 3 is 2.75 bits per heavy atom. The minimum Gasteiger partial charge on any atom is -0.478 e. The van der Waals surface area contributed by atoms with Crippen molar-refractivity contribution in [2.75, 3.05) is 5.43 Å². The van der Waals surface area contributed by atoms with E-state index >= 15 is 0 Å². The number of hydrazine groups is 1. The number of carboxylic acid groups (broad SMARTS) is 1. The van der Waals surface area contributed by atoms with Crippen molar-refractivity contribution in [3.8, 4) is 0 Å². The van der Waals surface area contributed by atoms with Gasteiger partial charge in [-0.2, -0.15) is 0 Å². The lowest BCUT2D eigenvalue weighted by Crippen LogP contribution is -2.11. The molecular weight excluding hydrogens is 156 g/mol. The lowest BCUT2D eigenvalue weighted by Gasteiger charge is -2.04. The first-order valence-electron chi connectivity index (χ1n) is 3.45. The molecule has 0 spiro atoms. The molecule has 4 heteroatoms. The van der Waals surface area contributed by atoms with E-state index < -0.39 is 5.97 Å². The molecule has 0 saturated carbocycles. The van der Waals surface area contributed by atoms with Crippen LogP contribution in [0.2, 0.25) is 0 Å². The number of nitrogens with two attached hydrogens (primary N) is 1. The van der Waals surface area contributed by atoms with Crippen molar-refractivity contribution < 1.29 is 9.90 Å². The first-order chi connectivity index (χ1) is 5.65. The molecule has 1 aromatic rings. The number of hydrogen-bond acceptors (Lipinski definition) is 3. The molecule has 0 atom stereocenters. The Hall–Kier alpha value is -1.55. The van der Waals surface area contributed by atoms with Crippen molar-refractivity contribution in [3.63, 3.8) is 0 Å². The Bertz CT molecular complexity index is 310. The van der Waals surface area contributed by atoms with Crippen LogP contribution < -0.4 is 11.3 Å². The molecule has 0 heterocycles. The zero-order valence-electron chi connectivity index (χ0n) is 6.66. The molecule has 0 fully saturated rings. The zero-order chi connectivity index (χ0) is 9.14. The summed E-state index contributed by atoms with van der Waals surface area (Å²) in [6.07, 6.45) is 0. The van der Waals surface area contributed by atoms with Crippen LogP contribution in [0.25, 0.3) is 0 Å². The van der Waals surface area contributed by atoms with E-state index in [0.717, 1.165) is 5.56 Å². The Morgan fingerprint density at radius 1 is 1.58 bits per heavy atom. The minimum absolute atomic E-state index is 0.183. The molecule has 1 aromatic carbocycles. The van der Waals surface area contributed by atoms with Gasteiger partial charge < -0.3 is 10.5 Å². The van der Waals surface area contributed by atoms with Gasteiger partial charge in [-0.1, -0.05) is 6.07 Å². The fourth-order valence-electron chi connectivity index (χ4n) is 0.964. The Morgan fingerprint density at radius 2 is 2.25 bits per heavy atom. The molecule has 64 valence electrons. The first-order valence-corrected chi connectivity index (χ1v) is 3.45. The van der Waals surface area contributed by atoms with Crippen LogP contribution in [0.4, 0.5) is 5.69 Å². The molecular formula is C8H10N2O2. The van der Waals surface area contributed by atoms with Crippen molar-refractivity contribution in [1.29, 1.82) is 0 Å². The van der Waals surface area contributed by atoms with Gasteiger partial charge in [0.1, 0.15) is 0 Å². The molecule has 12 heavy (non-hydrogen) atoms. The van der Waals surface area contributed by atoms with E-state index in [0.29, 0.717) is 5.69 Å². The third kappa shape index (κ3) is 1.54. The van der Waals surface area contributed by atoms with Gasteiger partial charge in [-0.25, -0.2) is 4.79 Å². The lowest BCUT2D eigenvalue weighted by atomic mass is 10.1. The summed E-state index contributed by atoms with van der Waals surface area (Å²) in [6.45, 7) is 1.87. The number of carbonyl (C=O) groups is 1. The van der Waals surface area contributed by atoms with Crippen molar-refractivity contribution in [1.82, 2.24) is 0 Å². The third-order valence-corrected chi connectivity index (χ3v) is 1.56. The highest BCUT2D eigenvalue weighted by Gasteiger charge is 2.07. The van der Waals surface area contributed by atoms with E-state index in [9.17, 15) is 4.79 Å². The van der Waals surface area contributed by atoms with Crippen LogP contribution in [0.5, 0.6) is 0 Å². The number of benzene rings is 1. The molecule has 0 saturated heterocycles. The molecule has 0 unspecified atom stereocenters.